The van der Waals surface area contributed by atoms with Gasteiger partial charge in [0.15, 0.2) is 0 Å². The van der Waals surface area contributed by atoms with Crippen LogP contribution in [0.1, 0.15) is 37.8 Å². The molecule has 1 N–H and O–H groups in total. The van der Waals surface area contributed by atoms with E-state index in [1.54, 1.807) is 4.80 Å². The van der Waals surface area contributed by atoms with Crippen LogP contribution in [0, 0.1) is 0 Å². The number of hydrogen-bond acceptors (Lipinski definition) is 3. The van der Waals surface area contributed by atoms with Gasteiger partial charge in [-0.3, -0.25) is 0 Å². The number of rotatable bonds is 5. The average Bonchev–Trinajstić information content (AvgIpc) is 2.93. The summed E-state index contributed by atoms with van der Waals surface area (Å²) >= 11 is 3.45. The van der Waals surface area contributed by atoms with Gasteiger partial charge in [0.25, 0.3) is 0 Å². The summed E-state index contributed by atoms with van der Waals surface area (Å²) in [7, 11) is 0. The van der Waals surface area contributed by atoms with Crippen LogP contribution in [0.25, 0.3) is 16.7 Å². The van der Waals surface area contributed by atoms with Crippen LogP contribution in [0.4, 0.5) is 0 Å². The summed E-state index contributed by atoms with van der Waals surface area (Å²) in [6.07, 6.45) is 3.89. The highest BCUT2D eigenvalue weighted by Gasteiger charge is 2.14. The van der Waals surface area contributed by atoms with Gasteiger partial charge < -0.3 is 5.11 Å². The van der Waals surface area contributed by atoms with E-state index in [9.17, 15) is 5.11 Å². The number of aromatic nitrogens is 3. The van der Waals surface area contributed by atoms with E-state index in [-0.39, 0.29) is 5.75 Å². The number of aromatic hydroxyl groups is 1. The Morgan fingerprint density at radius 1 is 1.00 bits per heavy atom. The van der Waals surface area contributed by atoms with Crippen molar-refractivity contribution >= 4 is 27.0 Å². The molecule has 1 heterocycles. The van der Waals surface area contributed by atoms with E-state index in [0.717, 1.165) is 46.8 Å². The van der Waals surface area contributed by atoms with Crippen molar-refractivity contribution < 1.29 is 5.11 Å². The summed E-state index contributed by atoms with van der Waals surface area (Å²) in [6.45, 7) is 4.27. The van der Waals surface area contributed by atoms with Gasteiger partial charge in [-0.2, -0.15) is 0 Å². The number of hydrogen-bond donors (Lipinski definition) is 1. The third kappa shape index (κ3) is 3.24. The summed E-state index contributed by atoms with van der Waals surface area (Å²) in [4.78, 5) is 1.55. The van der Waals surface area contributed by atoms with E-state index in [2.05, 4.69) is 46.0 Å². The molecule has 120 valence electrons. The molecule has 4 nitrogen and oxygen atoms in total. The molecule has 0 aliphatic heterocycles. The SMILES string of the molecule is CCCc1cc(CCC)c(O)c(-n2nc3ccc(Br)cc3n2)c1. The van der Waals surface area contributed by atoms with Crippen LogP contribution in [0.3, 0.4) is 0 Å². The number of benzene rings is 2. The Bertz CT molecular complexity index is 842. The third-order valence-corrected chi connectivity index (χ3v) is 4.34. The molecule has 0 aliphatic carbocycles. The van der Waals surface area contributed by atoms with Crippen LogP contribution in [0.5, 0.6) is 5.75 Å². The average molecular weight is 374 g/mol. The van der Waals surface area contributed by atoms with Gasteiger partial charge in [-0.25, -0.2) is 0 Å². The quantitative estimate of drug-likeness (QED) is 0.698. The van der Waals surface area contributed by atoms with E-state index in [1.165, 1.54) is 5.56 Å². The first-order valence-corrected chi connectivity index (χ1v) is 8.79. The number of aryl methyl sites for hydroxylation is 2. The summed E-state index contributed by atoms with van der Waals surface area (Å²) in [5.41, 5.74) is 4.45. The molecule has 0 fully saturated rings. The lowest BCUT2D eigenvalue weighted by Crippen LogP contribution is -2.03. The lowest BCUT2D eigenvalue weighted by molar-refractivity contribution is 0.460. The molecule has 5 heteroatoms. The number of phenolic OH excluding ortho intramolecular Hbond substituents is 1. The van der Waals surface area contributed by atoms with Crippen molar-refractivity contribution in [3.63, 3.8) is 0 Å². The maximum atomic E-state index is 10.6. The Morgan fingerprint density at radius 3 is 2.48 bits per heavy atom. The van der Waals surface area contributed by atoms with Crippen molar-refractivity contribution in [3.05, 3.63) is 45.9 Å². The number of fused-ring (bicyclic) bond motifs is 1. The van der Waals surface area contributed by atoms with Gasteiger partial charge in [-0.1, -0.05) is 48.7 Å². The van der Waals surface area contributed by atoms with Crippen molar-refractivity contribution in [2.75, 3.05) is 0 Å². The Kier molecular flexibility index (Phi) is 4.66. The zero-order chi connectivity index (χ0) is 16.4. The Hall–Kier alpha value is -1.88. The molecule has 0 saturated carbocycles. The molecule has 3 aromatic rings. The Morgan fingerprint density at radius 2 is 1.74 bits per heavy atom. The molecule has 2 aromatic carbocycles. The Balaban J connectivity index is 2.15. The molecular formula is C18H20BrN3O. The molecule has 0 bridgehead atoms. The van der Waals surface area contributed by atoms with Crippen molar-refractivity contribution in [3.8, 4) is 11.4 Å². The van der Waals surface area contributed by atoms with E-state index in [1.807, 2.05) is 24.3 Å². The van der Waals surface area contributed by atoms with E-state index in [4.69, 9.17) is 0 Å². The highest BCUT2D eigenvalue weighted by atomic mass is 79.9. The largest absolute Gasteiger partial charge is 0.505 e. The fourth-order valence-corrected chi connectivity index (χ4v) is 3.13. The third-order valence-electron chi connectivity index (χ3n) is 3.84. The smallest absolute Gasteiger partial charge is 0.146 e. The van der Waals surface area contributed by atoms with Crippen LogP contribution in [-0.2, 0) is 12.8 Å². The molecule has 1 aromatic heterocycles. The maximum Gasteiger partial charge on any atom is 0.146 e. The highest BCUT2D eigenvalue weighted by molar-refractivity contribution is 9.10. The van der Waals surface area contributed by atoms with Crippen molar-refractivity contribution in [2.24, 2.45) is 0 Å². The molecule has 0 aliphatic rings. The summed E-state index contributed by atoms with van der Waals surface area (Å²) < 4.78 is 0.965. The first kappa shape index (κ1) is 16.0. The van der Waals surface area contributed by atoms with E-state index >= 15 is 0 Å². The van der Waals surface area contributed by atoms with E-state index in [0.29, 0.717) is 5.69 Å². The standard InChI is InChI=1S/C18H20BrN3O/c1-3-5-12-9-13(6-4-2)18(23)17(10-12)22-20-15-8-7-14(19)11-16(15)21-22/h7-11,23H,3-6H2,1-2H3. The molecule has 0 spiro atoms. The second-order valence-electron chi connectivity index (χ2n) is 5.75. The minimum atomic E-state index is 0.283. The zero-order valence-corrected chi connectivity index (χ0v) is 15.0. The van der Waals surface area contributed by atoms with Gasteiger partial charge in [-0.15, -0.1) is 15.0 Å². The molecule has 0 radical (unpaired) electrons. The predicted molar refractivity (Wildman–Crippen MR) is 96.2 cm³/mol. The van der Waals surface area contributed by atoms with Crippen LogP contribution in [0.2, 0.25) is 0 Å². The highest BCUT2D eigenvalue weighted by Crippen LogP contribution is 2.30. The van der Waals surface area contributed by atoms with Crippen molar-refractivity contribution in [1.29, 1.82) is 0 Å². The zero-order valence-electron chi connectivity index (χ0n) is 13.4. The number of phenols is 1. The normalized spacial score (nSPS) is 11.3. The van der Waals surface area contributed by atoms with Crippen LogP contribution in [-0.4, -0.2) is 20.1 Å². The second kappa shape index (κ2) is 6.71. The first-order valence-electron chi connectivity index (χ1n) is 8.00. The minimum absolute atomic E-state index is 0.283. The monoisotopic (exact) mass is 373 g/mol. The molecular weight excluding hydrogens is 354 g/mol. The fourth-order valence-electron chi connectivity index (χ4n) is 2.78. The summed E-state index contributed by atoms with van der Waals surface area (Å²) in [6, 6.07) is 9.89. The maximum absolute atomic E-state index is 10.6. The summed E-state index contributed by atoms with van der Waals surface area (Å²) in [5.74, 6) is 0.283. The molecule has 0 unspecified atom stereocenters. The molecule has 23 heavy (non-hydrogen) atoms. The van der Waals surface area contributed by atoms with Crippen molar-refractivity contribution in [2.45, 2.75) is 39.5 Å². The van der Waals surface area contributed by atoms with Crippen LogP contribution in [0.15, 0.2) is 34.8 Å². The van der Waals surface area contributed by atoms with Crippen LogP contribution < -0.4 is 0 Å². The molecule has 0 amide bonds. The van der Waals surface area contributed by atoms with Gasteiger partial charge in [-0.05, 0) is 48.2 Å². The van der Waals surface area contributed by atoms with Gasteiger partial charge in [0.1, 0.15) is 22.5 Å². The number of nitrogens with zero attached hydrogens (tertiary/aromatic N) is 3. The summed E-state index contributed by atoms with van der Waals surface area (Å²) in [5, 5.41) is 19.7. The Labute approximate surface area is 144 Å². The van der Waals surface area contributed by atoms with Crippen molar-refractivity contribution in [1.82, 2.24) is 15.0 Å². The van der Waals surface area contributed by atoms with Crippen LogP contribution >= 0.6 is 15.9 Å². The number of halogens is 1. The molecule has 3 rings (SSSR count). The second-order valence-corrected chi connectivity index (χ2v) is 6.66. The van der Waals surface area contributed by atoms with Gasteiger partial charge >= 0.3 is 0 Å². The lowest BCUT2D eigenvalue weighted by atomic mass is 10.0. The fraction of sp³-hybridized carbons (Fsp3) is 0.333. The first-order chi connectivity index (χ1) is 11.1. The molecule has 0 saturated heterocycles. The van der Waals surface area contributed by atoms with Gasteiger partial charge in [0, 0.05) is 4.47 Å². The van der Waals surface area contributed by atoms with Gasteiger partial charge in [0.05, 0.1) is 0 Å². The molecule has 0 atom stereocenters. The lowest BCUT2D eigenvalue weighted by Gasteiger charge is -2.11. The van der Waals surface area contributed by atoms with Gasteiger partial charge in [0.2, 0.25) is 0 Å². The predicted octanol–water partition coefficient (Wildman–Crippen LogP) is 4.79. The topological polar surface area (TPSA) is 50.9 Å². The minimum Gasteiger partial charge on any atom is -0.505 e. The van der Waals surface area contributed by atoms with E-state index < -0.39 is 0 Å².